The van der Waals surface area contributed by atoms with Gasteiger partial charge < -0.3 is 4.74 Å². The number of carbonyl (C=O) groups excluding carboxylic acids is 1. The van der Waals surface area contributed by atoms with Crippen LogP contribution in [0.2, 0.25) is 0 Å². The van der Waals surface area contributed by atoms with E-state index in [2.05, 4.69) is 31.7 Å². The molecule has 0 spiro atoms. The highest BCUT2D eigenvalue weighted by atomic mass is 16.5. The lowest BCUT2D eigenvalue weighted by Crippen LogP contribution is -2.53. The molecule has 4 rings (SSSR count). The highest BCUT2D eigenvalue weighted by Crippen LogP contribution is 2.49. The Morgan fingerprint density at radius 3 is 2.75 bits per heavy atom. The lowest BCUT2D eigenvalue weighted by molar-refractivity contribution is 0.0642. The van der Waals surface area contributed by atoms with Gasteiger partial charge in [0.2, 0.25) is 0 Å². The number of Topliss-reactive ketones (excluding diaryl/α,β-unsaturated/α-hetero) is 1. The van der Waals surface area contributed by atoms with E-state index in [1.54, 1.807) is 7.11 Å². The van der Waals surface area contributed by atoms with Gasteiger partial charge in [0.15, 0.2) is 5.78 Å². The molecule has 2 aliphatic carbocycles. The van der Waals surface area contributed by atoms with E-state index in [1.165, 1.54) is 24.8 Å². The minimum atomic E-state index is 0.0398. The molecule has 1 saturated heterocycles. The van der Waals surface area contributed by atoms with Gasteiger partial charge in [0.05, 0.1) is 13.2 Å². The molecule has 0 unspecified atom stereocenters. The number of ether oxygens (including phenoxy) is 1. The predicted octanol–water partition coefficient (Wildman–Crippen LogP) is 3.97. The summed E-state index contributed by atoms with van der Waals surface area (Å²) < 4.78 is 5.51. The van der Waals surface area contributed by atoms with E-state index < -0.39 is 0 Å². The Morgan fingerprint density at radius 2 is 2.08 bits per heavy atom. The molecule has 0 aromatic heterocycles. The number of ketones is 1. The first-order chi connectivity index (χ1) is 11.5. The van der Waals surface area contributed by atoms with E-state index in [0.29, 0.717) is 11.7 Å². The van der Waals surface area contributed by atoms with Gasteiger partial charge in [-0.05, 0) is 73.6 Å². The molecule has 1 aromatic carbocycles. The van der Waals surface area contributed by atoms with Gasteiger partial charge in [-0.1, -0.05) is 19.9 Å². The third-order valence-corrected chi connectivity index (χ3v) is 6.89. The molecule has 0 radical (unpaired) electrons. The molecule has 3 heteroatoms. The smallest absolute Gasteiger partial charge is 0.180 e. The minimum absolute atomic E-state index is 0.0398. The van der Waals surface area contributed by atoms with Crippen LogP contribution in [-0.4, -0.2) is 36.9 Å². The van der Waals surface area contributed by atoms with E-state index >= 15 is 0 Å². The fraction of sp³-hybridized carbons (Fsp3) is 0.667. The number of fused-ring (bicyclic) bond motifs is 4. The molecule has 1 heterocycles. The van der Waals surface area contributed by atoms with Crippen molar-refractivity contribution in [3.63, 3.8) is 0 Å². The van der Waals surface area contributed by atoms with Crippen LogP contribution < -0.4 is 4.74 Å². The van der Waals surface area contributed by atoms with Crippen molar-refractivity contribution in [3.05, 3.63) is 28.8 Å². The molecule has 3 atom stereocenters. The van der Waals surface area contributed by atoms with Crippen molar-refractivity contribution in [2.45, 2.75) is 57.9 Å². The van der Waals surface area contributed by atoms with E-state index in [9.17, 15) is 4.79 Å². The third-order valence-electron chi connectivity index (χ3n) is 6.89. The van der Waals surface area contributed by atoms with Crippen LogP contribution in [0.5, 0.6) is 5.75 Å². The number of hydrogen-bond donors (Lipinski definition) is 0. The van der Waals surface area contributed by atoms with Gasteiger partial charge in [-0.15, -0.1) is 0 Å². The summed E-state index contributed by atoms with van der Waals surface area (Å²) in [5.74, 6) is 2.34. The Bertz CT molecular complexity index is 679. The summed E-state index contributed by atoms with van der Waals surface area (Å²) in [6, 6.07) is 4.26. The quantitative estimate of drug-likeness (QED) is 0.841. The first kappa shape index (κ1) is 16.1. The predicted molar refractivity (Wildman–Crippen MR) is 95.9 cm³/mol. The van der Waals surface area contributed by atoms with Gasteiger partial charge in [0.1, 0.15) is 5.75 Å². The summed E-state index contributed by atoms with van der Waals surface area (Å²) in [7, 11) is 1.69. The summed E-state index contributed by atoms with van der Waals surface area (Å²) in [5.41, 5.74) is 3.38. The van der Waals surface area contributed by atoms with Crippen LogP contribution in [-0.2, 0) is 5.41 Å². The van der Waals surface area contributed by atoms with Crippen LogP contribution in [0.25, 0.3) is 0 Å². The standard InChI is InChI=1S/C21H29NO2/c1-13-10-17-16(11-18(13)24-4)20(23)19-14(2)21(17,3)8-5-9-22(19)12-15-6-7-15/h10-11,14-15,19H,5-9,12H2,1-4H3/t14-,19-,21+/m0/s1. The van der Waals surface area contributed by atoms with Gasteiger partial charge in [0, 0.05) is 12.1 Å². The molecule has 1 saturated carbocycles. The molecular weight excluding hydrogens is 298 g/mol. The van der Waals surface area contributed by atoms with E-state index in [-0.39, 0.29) is 11.5 Å². The fourth-order valence-corrected chi connectivity index (χ4v) is 5.03. The summed E-state index contributed by atoms with van der Waals surface area (Å²) in [5, 5.41) is 0. The second-order valence-corrected chi connectivity index (χ2v) is 8.42. The largest absolute Gasteiger partial charge is 0.496 e. The Hall–Kier alpha value is -1.35. The van der Waals surface area contributed by atoms with Crippen molar-refractivity contribution in [1.29, 1.82) is 0 Å². The van der Waals surface area contributed by atoms with Crippen molar-refractivity contribution in [3.8, 4) is 5.75 Å². The average molecular weight is 327 g/mol. The van der Waals surface area contributed by atoms with Crippen LogP contribution in [0.15, 0.2) is 12.1 Å². The van der Waals surface area contributed by atoms with Crippen molar-refractivity contribution in [2.24, 2.45) is 11.8 Å². The topological polar surface area (TPSA) is 29.5 Å². The molecule has 3 aliphatic rings. The lowest BCUT2D eigenvalue weighted by atomic mass is 9.61. The Balaban J connectivity index is 1.83. The fourth-order valence-electron chi connectivity index (χ4n) is 5.03. The summed E-state index contributed by atoms with van der Waals surface area (Å²) >= 11 is 0. The van der Waals surface area contributed by atoms with Crippen LogP contribution in [0.1, 0.15) is 61.0 Å². The van der Waals surface area contributed by atoms with Gasteiger partial charge >= 0.3 is 0 Å². The van der Waals surface area contributed by atoms with Crippen molar-refractivity contribution < 1.29 is 9.53 Å². The number of methoxy groups -OCH3 is 1. The molecular formula is C21H29NO2. The zero-order valence-corrected chi connectivity index (χ0v) is 15.4. The van der Waals surface area contributed by atoms with Gasteiger partial charge in [-0.25, -0.2) is 0 Å². The molecule has 0 N–H and O–H groups in total. The summed E-state index contributed by atoms with van der Waals surface area (Å²) in [4.78, 5) is 15.9. The van der Waals surface area contributed by atoms with Crippen LogP contribution in [0.4, 0.5) is 0 Å². The number of benzene rings is 1. The second kappa shape index (κ2) is 5.59. The maximum Gasteiger partial charge on any atom is 0.180 e. The second-order valence-electron chi connectivity index (χ2n) is 8.42. The minimum Gasteiger partial charge on any atom is -0.496 e. The highest BCUT2D eigenvalue weighted by molar-refractivity contribution is 6.04. The molecule has 1 aromatic rings. The molecule has 0 amide bonds. The van der Waals surface area contributed by atoms with Crippen LogP contribution in [0.3, 0.4) is 0 Å². The van der Waals surface area contributed by atoms with Crippen LogP contribution >= 0.6 is 0 Å². The summed E-state index contributed by atoms with van der Waals surface area (Å²) in [6.07, 6.45) is 5.03. The maximum absolute atomic E-state index is 13.4. The Kier molecular flexibility index (Phi) is 3.76. The summed E-state index contributed by atoms with van der Waals surface area (Å²) in [6.45, 7) is 8.94. The first-order valence-electron chi connectivity index (χ1n) is 9.43. The molecule has 2 bridgehead atoms. The van der Waals surface area contributed by atoms with E-state index in [0.717, 1.165) is 42.3 Å². The number of rotatable bonds is 3. The highest BCUT2D eigenvalue weighted by Gasteiger charge is 2.51. The maximum atomic E-state index is 13.4. The normalized spacial score (nSPS) is 33.1. The number of likely N-dealkylation sites (tertiary alicyclic amines) is 1. The van der Waals surface area contributed by atoms with Crippen molar-refractivity contribution in [1.82, 2.24) is 4.90 Å². The van der Waals surface area contributed by atoms with Crippen molar-refractivity contribution in [2.75, 3.05) is 20.2 Å². The molecule has 130 valence electrons. The zero-order chi connectivity index (χ0) is 17.1. The Morgan fingerprint density at radius 1 is 1.33 bits per heavy atom. The number of nitrogens with zero attached hydrogens (tertiary/aromatic N) is 1. The lowest BCUT2D eigenvalue weighted by Gasteiger charge is -2.46. The third kappa shape index (κ3) is 2.32. The molecule has 1 aliphatic heterocycles. The zero-order valence-electron chi connectivity index (χ0n) is 15.4. The van der Waals surface area contributed by atoms with E-state index in [4.69, 9.17) is 4.74 Å². The monoisotopic (exact) mass is 327 g/mol. The van der Waals surface area contributed by atoms with Gasteiger partial charge in [-0.2, -0.15) is 0 Å². The first-order valence-corrected chi connectivity index (χ1v) is 9.43. The number of carbonyl (C=O) groups is 1. The molecule has 2 fully saturated rings. The van der Waals surface area contributed by atoms with Crippen molar-refractivity contribution >= 4 is 5.78 Å². The molecule has 3 nitrogen and oxygen atoms in total. The number of hydrogen-bond acceptors (Lipinski definition) is 3. The average Bonchev–Trinajstić information content (AvgIpc) is 3.37. The van der Waals surface area contributed by atoms with Gasteiger partial charge in [0.25, 0.3) is 0 Å². The SMILES string of the molecule is COc1cc2c(cc1C)[C@]1(C)CCCN(CC3CC3)[C@H](C2=O)[C@@H]1C. The van der Waals surface area contributed by atoms with Gasteiger partial charge in [-0.3, -0.25) is 9.69 Å². The van der Waals surface area contributed by atoms with Crippen LogP contribution in [0, 0.1) is 18.8 Å². The Labute approximate surface area is 145 Å². The molecule has 24 heavy (non-hydrogen) atoms. The van der Waals surface area contributed by atoms with E-state index in [1.807, 2.05) is 6.07 Å². The number of aryl methyl sites for hydroxylation is 1.